The Morgan fingerprint density at radius 3 is 2.53 bits per heavy atom. The van der Waals surface area contributed by atoms with Crippen LogP contribution in [-0.4, -0.2) is 5.71 Å². The Morgan fingerprint density at radius 1 is 1.13 bits per heavy atom. The van der Waals surface area contributed by atoms with Crippen LogP contribution in [0.2, 0.25) is 0 Å². The maximum Gasteiger partial charge on any atom is 0.0906 e. The molecule has 0 amide bonds. The molecular weight excluding hydrogens is 184 g/mol. The molecule has 0 unspecified atom stereocenters. The SMILES string of the molecule is C=C1C=CC(c2ccc(C)c(C)c2)=NN1. The van der Waals surface area contributed by atoms with Gasteiger partial charge in [0.2, 0.25) is 0 Å². The van der Waals surface area contributed by atoms with E-state index in [1.807, 2.05) is 12.2 Å². The molecule has 0 bridgehead atoms. The van der Waals surface area contributed by atoms with Crippen molar-refractivity contribution in [2.24, 2.45) is 5.10 Å². The number of benzene rings is 1. The first-order chi connectivity index (χ1) is 7.16. The van der Waals surface area contributed by atoms with Gasteiger partial charge in [0.25, 0.3) is 0 Å². The minimum atomic E-state index is 0.822. The van der Waals surface area contributed by atoms with Gasteiger partial charge in [-0.1, -0.05) is 18.7 Å². The Kier molecular flexibility index (Phi) is 2.42. The van der Waals surface area contributed by atoms with Crippen molar-refractivity contribution in [2.75, 3.05) is 0 Å². The van der Waals surface area contributed by atoms with Crippen molar-refractivity contribution in [1.29, 1.82) is 0 Å². The molecule has 0 aromatic heterocycles. The van der Waals surface area contributed by atoms with Gasteiger partial charge in [-0.25, -0.2) is 0 Å². The second-order valence-corrected chi connectivity index (χ2v) is 3.77. The van der Waals surface area contributed by atoms with E-state index in [1.54, 1.807) is 0 Å². The smallest absolute Gasteiger partial charge is 0.0906 e. The standard InChI is InChI=1S/C13H14N2/c1-9-4-6-12(8-10(9)2)13-7-5-11(3)14-15-13/h4-8,14H,3H2,1-2H3. The van der Waals surface area contributed by atoms with Crippen molar-refractivity contribution in [1.82, 2.24) is 5.43 Å². The first kappa shape index (κ1) is 9.71. The van der Waals surface area contributed by atoms with Crippen LogP contribution in [0.5, 0.6) is 0 Å². The summed E-state index contributed by atoms with van der Waals surface area (Å²) in [7, 11) is 0. The highest BCUT2D eigenvalue weighted by molar-refractivity contribution is 6.09. The fourth-order valence-corrected chi connectivity index (χ4v) is 1.45. The molecule has 2 rings (SSSR count). The molecule has 0 atom stereocenters. The van der Waals surface area contributed by atoms with Crippen molar-refractivity contribution in [2.45, 2.75) is 13.8 Å². The van der Waals surface area contributed by atoms with E-state index in [4.69, 9.17) is 0 Å². The van der Waals surface area contributed by atoms with E-state index in [9.17, 15) is 0 Å². The van der Waals surface area contributed by atoms with Gasteiger partial charge < -0.3 is 0 Å². The number of hydrazone groups is 1. The summed E-state index contributed by atoms with van der Waals surface area (Å²) >= 11 is 0. The summed E-state index contributed by atoms with van der Waals surface area (Å²) in [5, 5.41) is 4.23. The Balaban J connectivity index is 2.35. The number of allylic oxidation sites excluding steroid dienone is 2. The first-order valence-electron chi connectivity index (χ1n) is 4.95. The van der Waals surface area contributed by atoms with Crippen LogP contribution in [0.4, 0.5) is 0 Å². The molecule has 76 valence electrons. The van der Waals surface area contributed by atoms with Crippen molar-refractivity contribution in [3.05, 3.63) is 59.3 Å². The molecule has 0 aliphatic carbocycles. The van der Waals surface area contributed by atoms with E-state index in [0.29, 0.717) is 0 Å². The summed E-state index contributed by atoms with van der Waals surface area (Å²) in [6.07, 6.45) is 3.90. The maximum absolute atomic E-state index is 4.23. The Bertz CT molecular complexity index is 467. The number of hydrogen-bond donors (Lipinski definition) is 1. The summed E-state index contributed by atoms with van der Waals surface area (Å²) in [4.78, 5) is 0. The number of hydrogen-bond acceptors (Lipinski definition) is 2. The van der Waals surface area contributed by atoms with Crippen molar-refractivity contribution in [3.63, 3.8) is 0 Å². The van der Waals surface area contributed by atoms with Gasteiger partial charge in [-0.15, -0.1) is 0 Å². The molecule has 1 N–H and O–H groups in total. The molecular formula is C13H14N2. The molecule has 1 aliphatic heterocycles. The zero-order chi connectivity index (χ0) is 10.8. The average molecular weight is 198 g/mol. The summed E-state index contributed by atoms with van der Waals surface area (Å²) in [5.74, 6) is 0. The van der Waals surface area contributed by atoms with Gasteiger partial charge in [-0.3, -0.25) is 5.43 Å². The lowest BCUT2D eigenvalue weighted by molar-refractivity contribution is 0.914. The van der Waals surface area contributed by atoms with Crippen LogP contribution in [0.15, 0.2) is 47.7 Å². The van der Waals surface area contributed by atoms with Crippen LogP contribution >= 0.6 is 0 Å². The molecule has 0 radical (unpaired) electrons. The largest absolute Gasteiger partial charge is 0.279 e. The van der Waals surface area contributed by atoms with E-state index in [2.05, 4.69) is 49.2 Å². The predicted octanol–water partition coefficient (Wildman–Crippen LogP) is 2.68. The van der Waals surface area contributed by atoms with Crippen LogP contribution in [0.1, 0.15) is 16.7 Å². The van der Waals surface area contributed by atoms with Crippen LogP contribution in [0.25, 0.3) is 0 Å². The highest BCUT2D eigenvalue weighted by Crippen LogP contribution is 2.12. The number of aryl methyl sites for hydroxylation is 2. The van der Waals surface area contributed by atoms with E-state index in [-0.39, 0.29) is 0 Å². The summed E-state index contributed by atoms with van der Waals surface area (Å²) < 4.78 is 0. The summed E-state index contributed by atoms with van der Waals surface area (Å²) in [6.45, 7) is 7.99. The van der Waals surface area contributed by atoms with E-state index < -0.39 is 0 Å². The second kappa shape index (κ2) is 3.73. The third-order valence-electron chi connectivity index (χ3n) is 2.57. The quantitative estimate of drug-likeness (QED) is 0.737. The fraction of sp³-hybridized carbons (Fsp3) is 0.154. The van der Waals surface area contributed by atoms with Crippen LogP contribution in [0, 0.1) is 13.8 Å². The molecule has 2 nitrogen and oxygen atoms in total. The van der Waals surface area contributed by atoms with Crippen molar-refractivity contribution >= 4 is 5.71 Å². The number of nitrogens with zero attached hydrogens (tertiary/aromatic N) is 1. The average Bonchev–Trinajstić information content (AvgIpc) is 2.23. The second-order valence-electron chi connectivity index (χ2n) is 3.77. The molecule has 1 aliphatic rings. The third kappa shape index (κ3) is 1.99. The van der Waals surface area contributed by atoms with Crippen LogP contribution in [0.3, 0.4) is 0 Å². The predicted molar refractivity (Wildman–Crippen MR) is 63.9 cm³/mol. The minimum absolute atomic E-state index is 0.822. The zero-order valence-electron chi connectivity index (χ0n) is 9.04. The Labute approximate surface area is 90.0 Å². The van der Waals surface area contributed by atoms with Crippen LogP contribution < -0.4 is 5.43 Å². The van der Waals surface area contributed by atoms with E-state index >= 15 is 0 Å². The molecule has 2 heteroatoms. The van der Waals surface area contributed by atoms with Gasteiger partial charge in [-0.2, -0.15) is 5.10 Å². The number of nitrogens with one attached hydrogen (secondary N) is 1. The molecule has 0 saturated carbocycles. The Morgan fingerprint density at radius 2 is 1.93 bits per heavy atom. The Hall–Kier alpha value is -1.83. The topological polar surface area (TPSA) is 24.4 Å². The monoisotopic (exact) mass is 198 g/mol. The molecule has 15 heavy (non-hydrogen) atoms. The molecule has 0 spiro atoms. The summed E-state index contributed by atoms with van der Waals surface area (Å²) in [5.41, 5.74) is 8.36. The molecule has 0 saturated heterocycles. The van der Waals surface area contributed by atoms with E-state index in [0.717, 1.165) is 17.0 Å². The lowest BCUT2D eigenvalue weighted by Gasteiger charge is -2.10. The minimum Gasteiger partial charge on any atom is -0.279 e. The molecule has 0 fully saturated rings. The van der Waals surface area contributed by atoms with Crippen LogP contribution in [-0.2, 0) is 0 Å². The van der Waals surface area contributed by atoms with Gasteiger partial charge >= 0.3 is 0 Å². The molecule has 1 heterocycles. The normalized spacial score (nSPS) is 14.8. The van der Waals surface area contributed by atoms with Crippen molar-refractivity contribution in [3.8, 4) is 0 Å². The lowest BCUT2D eigenvalue weighted by Crippen LogP contribution is -2.12. The third-order valence-corrected chi connectivity index (χ3v) is 2.57. The molecule has 1 aromatic rings. The molecule has 1 aromatic carbocycles. The van der Waals surface area contributed by atoms with E-state index in [1.165, 1.54) is 11.1 Å². The van der Waals surface area contributed by atoms with Gasteiger partial charge in [0.1, 0.15) is 0 Å². The fourth-order valence-electron chi connectivity index (χ4n) is 1.45. The van der Waals surface area contributed by atoms with Gasteiger partial charge in [-0.05, 0) is 43.2 Å². The maximum atomic E-state index is 4.23. The van der Waals surface area contributed by atoms with Gasteiger partial charge in [0.05, 0.1) is 5.71 Å². The number of rotatable bonds is 1. The summed E-state index contributed by atoms with van der Waals surface area (Å²) in [6, 6.07) is 6.35. The zero-order valence-corrected chi connectivity index (χ0v) is 9.04. The highest BCUT2D eigenvalue weighted by Gasteiger charge is 2.05. The van der Waals surface area contributed by atoms with Gasteiger partial charge in [0, 0.05) is 11.3 Å². The van der Waals surface area contributed by atoms with Gasteiger partial charge in [0.15, 0.2) is 0 Å². The first-order valence-corrected chi connectivity index (χ1v) is 4.95. The van der Waals surface area contributed by atoms with Crippen molar-refractivity contribution < 1.29 is 0 Å². The lowest BCUT2D eigenvalue weighted by atomic mass is 10.0. The highest BCUT2D eigenvalue weighted by atomic mass is 15.3.